The zero-order valence-corrected chi connectivity index (χ0v) is 20.3. The lowest BCUT2D eigenvalue weighted by Gasteiger charge is -2.23. The predicted molar refractivity (Wildman–Crippen MR) is 136 cm³/mol. The number of hydrogen-bond donors (Lipinski definition) is 3. The number of carbonyl (C=O) groups is 2. The van der Waals surface area contributed by atoms with Crippen LogP contribution in [0.1, 0.15) is 38.8 Å². The highest BCUT2D eigenvalue weighted by atomic mass is 16.6. The summed E-state index contributed by atoms with van der Waals surface area (Å²) in [6, 6.07) is 14.6. The Bertz CT molecular complexity index is 1290. The van der Waals surface area contributed by atoms with E-state index in [-0.39, 0.29) is 12.5 Å². The van der Waals surface area contributed by atoms with Crippen molar-refractivity contribution in [3.8, 4) is 5.75 Å². The van der Waals surface area contributed by atoms with Crippen LogP contribution in [0.5, 0.6) is 5.75 Å². The maximum absolute atomic E-state index is 13.1. The normalized spacial score (nSPS) is 16.2. The first-order valence-electron chi connectivity index (χ1n) is 11.5. The minimum Gasteiger partial charge on any atom is -0.485 e. The monoisotopic (exact) mass is 474 g/mol. The number of H-pyrrole nitrogens is 1. The third kappa shape index (κ3) is 6.09. The Hall–Kier alpha value is -4.07. The predicted octanol–water partition coefficient (Wildman–Crippen LogP) is 4.57. The smallest absolute Gasteiger partial charge is 0.408 e. The van der Waals surface area contributed by atoms with Gasteiger partial charge < -0.3 is 19.8 Å². The van der Waals surface area contributed by atoms with Gasteiger partial charge in [0.15, 0.2) is 0 Å². The Morgan fingerprint density at radius 3 is 2.71 bits per heavy atom. The number of alkyl carbamates (subject to hydrolysis) is 1. The van der Waals surface area contributed by atoms with Gasteiger partial charge in [0, 0.05) is 34.7 Å². The van der Waals surface area contributed by atoms with Crippen LogP contribution in [-0.2, 0) is 16.0 Å². The molecule has 8 heteroatoms. The van der Waals surface area contributed by atoms with Gasteiger partial charge in [0.1, 0.15) is 23.5 Å². The lowest BCUT2D eigenvalue weighted by Crippen LogP contribution is -2.48. The zero-order chi connectivity index (χ0) is 25.0. The topological polar surface area (TPSA) is 105 Å². The molecule has 2 amide bonds. The summed E-state index contributed by atoms with van der Waals surface area (Å²) < 4.78 is 11.3. The molecule has 0 spiro atoms. The van der Waals surface area contributed by atoms with Crippen molar-refractivity contribution in [1.82, 2.24) is 15.7 Å². The van der Waals surface area contributed by atoms with Gasteiger partial charge >= 0.3 is 6.09 Å². The number of aromatic amines is 1. The summed E-state index contributed by atoms with van der Waals surface area (Å²) in [7, 11) is 0. The van der Waals surface area contributed by atoms with Crippen molar-refractivity contribution in [3.05, 3.63) is 71.4 Å². The summed E-state index contributed by atoms with van der Waals surface area (Å²) in [4.78, 5) is 28.7. The molecule has 2 aromatic carbocycles. The molecule has 0 aliphatic carbocycles. The number of benzene rings is 2. The minimum atomic E-state index is -0.893. The van der Waals surface area contributed by atoms with Gasteiger partial charge in [0.05, 0.1) is 6.21 Å². The molecule has 35 heavy (non-hydrogen) atoms. The second kappa shape index (κ2) is 10.0. The quantitative estimate of drug-likeness (QED) is 0.359. The van der Waals surface area contributed by atoms with E-state index in [4.69, 9.17) is 9.47 Å². The fraction of sp³-hybridized carbons (Fsp3) is 0.296. The van der Waals surface area contributed by atoms with Crippen LogP contribution in [0.3, 0.4) is 0 Å². The van der Waals surface area contributed by atoms with Gasteiger partial charge in [-0.2, -0.15) is 5.10 Å². The first-order valence-corrected chi connectivity index (χ1v) is 11.5. The average molecular weight is 475 g/mol. The average Bonchev–Trinajstić information content (AvgIpc) is 3.20. The van der Waals surface area contributed by atoms with Crippen LogP contribution in [-0.4, -0.2) is 40.9 Å². The molecule has 3 aromatic rings. The first kappa shape index (κ1) is 24.1. The Morgan fingerprint density at radius 1 is 1.17 bits per heavy atom. The number of rotatable bonds is 6. The standard InChI is InChI=1S/C27H30N4O4/c1-17-19(13-18-9-5-8-12-24(18)34-17)16-29-31-25(32)23(30-26(33)35-27(2,3)4)14-20-15-28-22-11-7-6-10-21(20)22/h5-13,15-17,23,28H,14H2,1-4H3,(H,30,33)(H,31,32)/t17?,23-/m0/s1. The molecule has 0 fully saturated rings. The van der Waals surface area contributed by atoms with Crippen LogP contribution in [0.2, 0.25) is 0 Å². The van der Waals surface area contributed by atoms with Crippen molar-refractivity contribution >= 4 is 35.2 Å². The number of hydrogen-bond acceptors (Lipinski definition) is 5. The zero-order valence-electron chi connectivity index (χ0n) is 20.3. The first-order chi connectivity index (χ1) is 16.7. The number of nitrogens with one attached hydrogen (secondary N) is 3. The van der Waals surface area contributed by atoms with Crippen molar-refractivity contribution in [1.29, 1.82) is 0 Å². The van der Waals surface area contributed by atoms with E-state index in [1.807, 2.05) is 67.7 Å². The van der Waals surface area contributed by atoms with Crippen molar-refractivity contribution in [2.45, 2.75) is 51.9 Å². The van der Waals surface area contributed by atoms with E-state index >= 15 is 0 Å². The molecule has 3 N–H and O–H groups in total. The molecule has 0 saturated carbocycles. The van der Waals surface area contributed by atoms with Gasteiger partial charge in [-0.05, 0) is 51.5 Å². The summed E-state index contributed by atoms with van der Waals surface area (Å²) in [5.41, 5.74) is 5.48. The largest absolute Gasteiger partial charge is 0.485 e. The minimum absolute atomic E-state index is 0.215. The molecule has 2 heterocycles. The number of carbonyl (C=O) groups excluding carboxylic acids is 2. The van der Waals surface area contributed by atoms with Gasteiger partial charge in [-0.25, -0.2) is 10.2 Å². The highest BCUT2D eigenvalue weighted by Gasteiger charge is 2.26. The highest BCUT2D eigenvalue weighted by molar-refractivity contribution is 5.91. The lowest BCUT2D eigenvalue weighted by molar-refractivity contribution is -0.123. The molecule has 1 aromatic heterocycles. The van der Waals surface area contributed by atoms with Crippen LogP contribution >= 0.6 is 0 Å². The molecule has 182 valence electrons. The molecule has 1 aliphatic rings. The maximum Gasteiger partial charge on any atom is 0.408 e. The number of aromatic nitrogens is 1. The number of para-hydroxylation sites is 2. The van der Waals surface area contributed by atoms with E-state index in [1.165, 1.54) is 0 Å². The molecule has 0 radical (unpaired) electrons. The van der Waals surface area contributed by atoms with Crippen LogP contribution in [0.25, 0.3) is 17.0 Å². The number of ether oxygens (including phenoxy) is 2. The van der Waals surface area contributed by atoms with Crippen molar-refractivity contribution < 1.29 is 19.1 Å². The van der Waals surface area contributed by atoms with Gasteiger partial charge in [-0.3, -0.25) is 4.79 Å². The van der Waals surface area contributed by atoms with E-state index in [0.29, 0.717) is 0 Å². The third-order valence-corrected chi connectivity index (χ3v) is 5.51. The molecule has 0 saturated heterocycles. The molecular weight excluding hydrogens is 444 g/mol. The summed E-state index contributed by atoms with van der Waals surface area (Å²) >= 11 is 0. The third-order valence-electron chi connectivity index (χ3n) is 5.51. The number of fused-ring (bicyclic) bond motifs is 2. The molecule has 1 unspecified atom stereocenters. The number of hydrazone groups is 1. The van der Waals surface area contributed by atoms with Gasteiger partial charge in [0.25, 0.3) is 5.91 Å². The van der Waals surface area contributed by atoms with Crippen molar-refractivity contribution in [3.63, 3.8) is 0 Å². The fourth-order valence-corrected chi connectivity index (χ4v) is 3.83. The Balaban J connectivity index is 1.49. The Labute approximate surface area is 204 Å². The maximum atomic E-state index is 13.1. The molecule has 2 atom stereocenters. The summed E-state index contributed by atoms with van der Waals surface area (Å²) in [6.45, 7) is 7.22. The lowest BCUT2D eigenvalue weighted by atomic mass is 10.0. The van der Waals surface area contributed by atoms with Gasteiger partial charge in [-0.1, -0.05) is 36.4 Å². The van der Waals surface area contributed by atoms with E-state index in [9.17, 15) is 9.59 Å². The Morgan fingerprint density at radius 2 is 1.91 bits per heavy atom. The SMILES string of the molecule is CC1Oc2ccccc2C=C1C=NNC(=O)[C@H](Cc1c[nH]c2ccccc12)NC(=O)OC(C)(C)C. The fourth-order valence-electron chi connectivity index (χ4n) is 3.83. The van der Waals surface area contributed by atoms with Crippen molar-refractivity contribution in [2.24, 2.45) is 5.10 Å². The van der Waals surface area contributed by atoms with E-state index in [1.54, 1.807) is 27.0 Å². The number of nitrogens with zero attached hydrogens (tertiary/aromatic N) is 1. The van der Waals surface area contributed by atoms with Gasteiger partial charge in [0.2, 0.25) is 0 Å². The summed E-state index contributed by atoms with van der Waals surface area (Å²) in [5, 5.41) is 7.81. The van der Waals surface area contributed by atoms with E-state index < -0.39 is 23.6 Å². The molecular formula is C27H30N4O4. The molecule has 8 nitrogen and oxygen atoms in total. The van der Waals surface area contributed by atoms with E-state index in [0.717, 1.165) is 33.4 Å². The molecule has 4 rings (SSSR count). The van der Waals surface area contributed by atoms with Crippen LogP contribution in [0.4, 0.5) is 4.79 Å². The number of amides is 2. The summed E-state index contributed by atoms with van der Waals surface area (Å²) in [5.74, 6) is 0.351. The highest BCUT2D eigenvalue weighted by Crippen LogP contribution is 2.28. The van der Waals surface area contributed by atoms with Crippen LogP contribution in [0, 0.1) is 0 Å². The van der Waals surface area contributed by atoms with Gasteiger partial charge in [-0.15, -0.1) is 0 Å². The summed E-state index contributed by atoms with van der Waals surface area (Å²) in [6.07, 6.45) is 4.76. The van der Waals surface area contributed by atoms with Crippen LogP contribution in [0.15, 0.2) is 65.4 Å². The molecule has 1 aliphatic heterocycles. The Kier molecular flexibility index (Phi) is 6.91. The second-order valence-corrected chi connectivity index (χ2v) is 9.44. The van der Waals surface area contributed by atoms with Crippen molar-refractivity contribution in [2.75, 3.05) is 0 Å². The molecule has 0 bridgehead atoms. The second-order valence-electron chi connectivity index (χ2n) is 9.44. The van der Waals surface area contributed by atoms with Crippen LogP contribution < -0.4 is 15.5 Å². The van der Waals surface area contributed by atoms with E-state index in [2.05, 4.69) is 20.8 Å².